The van der Waals surface area contributed by atoms with Gasteiger partial charge in [-0.15, -0.1) is 0 Å². The van der Waals surface area contributed by atoms with Crippen molar-refractivity contribution in [2.45, 2.75) is 13.2 Å². The molecular formula is C30H23N3O5. The van der Waals surface area contributed by atoms with Crippen LogP contribution in [-0.2, 0) is 9.53 Å². The van der Waals surface area contributed by atoms with Crippen molar-refractivity contribution in [1.29, 1.82) is 0 Å². The second-order valence-electron chi connectivity index (χ2n) is 8.96. The Morgan fingerprint density at radius 2 is 1.63 bits per heavy atom. The summed E-state index contributed by atoms with van der Waals surface area (Å²) in [6, 6.07) is 25.4. The maximum absolute atomic E-state index is 13.9. The minimum Gasteiger partial charge on any atom is -0.497 e. The number of carbonyl (C=O) groups is 3. The van der Waals surface area contributed by atoms with E-state index in [-0.39, 0.29) is 5.56 Å². The minimum atomic E-state index is -1.04. The summed E-state index contributed by atoms with van der Waals surface area (Å²) in [6.07, 6.45) is -1.04. The number of fused-ring (bicyclic) bond motifs is 5. The van der Waals surface area contributed by atoms with Gasteiger partial charge in [0, 0.05) is 23.4 Å². The van der Waals surface area contributed by atoms with Crippen LogP contribution in [0.2, 0.25) is 0 Å². The molecule has 1 atom stereocenters. The predicted octanol–water partition coefficient (Wildman–Crippen LogP) is 5.80. The van der Waals surface area contributed by atoms with Gasteiger partial charge < -0.3 is 19.8 Å². The number of carbonyl (C=O) groups excluding carboxylic acids is 3. The lowest BCUT2D eigenvalue weighted by Gasteiger charge is -2.27. The number of nitrogens with zero attached hydrogens (tertiary/aromatic N) is 1. The van der Waals surface area contributed by atoms with E-state index in [1.54, 1.807) is 55.6 Å². The average Bonchev–Trinajstić information content (AvgIpc) is 3.44. The number of H-pyrrole nitrogens is 1. The van der Waals surface area contributed by atoms with Crippen molar-refractivity contribution in [3.63, 3.8) is 0 Å². The first-order chi connectivity index (χ1) is 18.5. The third kappa shape index (κ3) is 3.74. The fraction of sp³-hybridized carbons (Fsp3) is 0.100. The number of hydrogen-bond donors (Lipinski definition) is 2. The molecule has 0 radical (unpaired) electrons. The zero-order chi connectivity index (χ0) is 26.4. The molecule has 0 aliphatic carbocycles. The van der Waals surface area contributed by atoms with Crippen molar-refractivity contribution in [1.82, 2.24) is 4.98 Å². The maximum Gasteiger partial charge on any atom is 0.304 e. The van der Waals surface area contributed by atoms with E-state index in [4.69, 9.17) is 9.47 Å². The van der Waals surface area contributed by atoms with Crippen LogP contribution < -0.4 is 15.0 Å². The van der Waals surface area contributed by atoms with Gasteiger partial charge in [-0.05, 0) is 41.8 Å². The summed E-state index contributed by atoms with van der Waals surface area (Å²) in [6.45, 7) is 1.30. The summed E-state index contributed by atoms with van der Waals surface area (Å²) >= 11 is 0. The van der Waals surface area contributed by atoms with Crippen molar-refractivity contribution in [3.8, 4) is 5.75 Å². The number of amides is 2. The Morgan fingerprint density at radius 1 is 0.895 bits per heavy atom. The van der Waals surface area contributed by atoms with Crippen molar-refractivity contribution < 1.29 is 23.9 Å². The quantitative estimate of drug-likeness (QED) is 0.294. The van der Waals surface area contributed by atoms with E-state index in [2.05, 4.69) is 10.3 Å². The molecule has 2 N–H and O–H groups in total. The monoisotopic (exact) mass is 505 g/mol. The summed E-state index contributed by atoms with van der Waals surface area (Å²) in [5, 5.41) is 5.62. The molecule has 38 heavy (non-hydrogen) atoms. The highest BCUT2D eigenvalue weighted by atomic mass is 16.6. The molecule has 8 nitrogen and oxygen atoms in total. The van der Waals surface area contributed by atoms with E-state index in [9.17, 15) is 14.4 Å². The van der Waals surface area contributed by atoms with Crippen LogP contribution in [0.15, 0.2) is 84.9 Å². The highest BCUT2D eigenvalue weighted by Gasteiger charge is 2.44. The van der Waals surface area contributed by atoms with Crippen LogP contribution in [0.3, 0.4) is 0 Å². The molecule has 0 saturated heterocycles. The number of nitrogens with one attached hydrogen (secondary N) is 2. The first-order valence-electron chi connectivity index (χ1n) is 12.0. The molecule has 188 valence electrons. The molecule has 0 spiro atoms. The van der Waals surface area contributed by atoms with Gasteiger partial charge in [0.15, 0.2) is 0 Å². The highest BCUT2D eigenvalue weighted by molar-refractivity contribution is 6.20. The van der Waals surface area contributed by atoms with Crippen molar-refractivity contribution in [2.75, 3.05) is 17.3 Å². The van der Waals surface area contributed by atoms with Crippen LogP contribution in [0, 0.1) is 0 Å². The number of hydrogen-bond acceptors (Lipinski definition) is 5. The maximum atomic E-state index is 13.9. The van der Waals surface area contributed by atoms with Gasteiger partial charge in [0.05, 0.1) is 29.4 Å². The summed E-state index contributed by atoms with van der Waals surface area (Å²) in [7, 11) is 1.57. The van der Waals surface area contributed by atoms with Gasteiger partial charge in [0.2, 0.25) is 6.23 Å². The van der Waals surface area contributed by atoms with E-state index in [1.165, 1.54) is 11.8 Å². The smallest absolute Gasteiger partial charge is 0.304 e. The van der Waals surface area contributed by atoms with Gasteiger partial charge in [-0.2, -0.15) is 0 Å². The van der Waals surface area contributed by atoms with Crippen LogP contribution in [-0.4, -0.2) is 29.9 Å². The van der Waals surface area contributed by atoms with E-state index < -0.39 is 24.0 Å². The summed E-state index contributed by atoms with van der Waals surface area (Å²) in [5.41, 5.74) is 2.84. The summed E-state index contributed by atoms with van der Waals surface area (Å²) in [4.78, 5) is 44.1. The van der Waals surface area contributed by atoms with Crippen molar-refractivity contribution >= 4 is 50.8 Å². The summed E-state index contributed by atoms with van der Waals surface area (Å²) < 4.78 is 10.9. The number of para-hydroxylation sites is 1. The minimum absolute atomic E-state index is 0.258. The Bertz CT molecular complexity index is 1740. The van der Waals surface area contributed by atoms with Crippen molar-refractivity contribution in [2.24, 2.45) is 0 Å². The Morgan fingerprint density at radius 3 is 2.39 bits per heavy atom. The Kier molecular flexibility index (Phi) is 5.57. The van der Waals surface area contributed by atoms with E-state index in [0.29, 0.717) is 28.4 Å². The van der Waals surface area contributed by atoms with Crippen LogP contribution in [0.5, 0.6) is 5.75 Å². The van der Waals surface area contributed by atoms with Gasteiger partial charge in [0.25, 0.3) is 11.8 Å². The lowest BCUT2D eigenvalue weighted by atomic mass is 10.0. The average molecular weight is 506 g/mol. The normalized spacial score (nSPS) is 14.5. The molecule has 0 unspecified atom stereocenters. The molecule has 2 heterocycles. The number of benzene rings is 4. The molecule has 5 aromatic rings. The first-order valence-corrected chi connectivity index (χ1v) is 12.0. The van der Waals surface area contributed by atoms with Gasteiger partial charge in [-0.1, -0.05) is 48.5 Å². The SMILES string of the molecule is COc1ccc(NC(=O)c2ccccc2N2C(=O)c3[nH]c4c(ccc5ccccc54)c3[C@H]2OC(C)=O)cc1. The van der Waals surface area contributed by atoms with Crippen molar-refractivity contribution in [3.05, 3.63) is 102 Å². The molecular weight excluding hydrogens is 482 g/mol. The van der Waals surface area contributed by atoms with Crippen LogP contribution >= 0.6 is 0 Å². The van der Waals surface area contributed by atoms with E-state index in [1.807, 2.05) is 36.4 Å². The van der Waals surface area contributed by atoms with Gasteiger partial charge in [-0.3, -0.25) is 19.3 Å². The number of ether oxygens (including phenoxy) is 2. The van der Waals surface area contributed by atoms with Crippen LogP contribution in [0.25, 0.3) is 21.7 Å². The Labute approximate surface area is 217 Å². The molecule has 4 aromatic carbocycles. The molecule has 1 aliphatic rings. The Hall–Kier alpha value is -5.11. The summed E-state index contributed by atoms with van der Waals surface area (Å²) in [5.74, 6) is -0.685. The number of aromatic amines is 1. The van der Waals surface area contributed by atoms with Crippen LogP contribution in [0.1, 0.15) is 39.6 Å². The van der Waals surface area contributed by atoms with Gasteiger partial charge >= 0.3 is 5.97 Å². The predicted molar refractivity (Wildman–Crippen MR) is 145 cm³/mol. The topological polar surface area (TPSA) is 101 Å². The number of aromatic nitrogens is 1. The zero-order valence-corrected chi connectivity index (χ0v) is 20.6. The molecule has 2 amide bonds. The van der Waals surface area contributed by atoms with Gasteiger partial charge in [-0.25, -0.2) is 0 Å². The van der Waals surface area contributed by atoms with Gasteiger partial charge in [0.1, 0.15) is 11.4 Å². The van der Waals surface area contributed by atoms with Crippen LogP contribution in [0.4, 0.5) is 11.4 Å². The largest absolute Gasteiger partial charge is 0.497 e. The highest BCUT2D eigenvalue weighted by Crippen LogP contribution is 2.44. The number of anilines is 2. The third-order valence-corrected chi connectivity index (χ3v) is 6.69. The molecule has 0 saturated carbocycles. The van der Waals surface area contributed by atoms with E-state index >= 15 is 0 Å². The lowest BCUT2D eigenvalue weighted by molar-refractivity contribution is -0.146. The fourth-order valence-electron chi connectivity index (χ4n) is 4.99. The molecule has 1 aliphatic heterocycles. The molecule has 6 rings (SSSR count). The second kappa shape index (κ2) is 9.08. The number of esters is 1. The zero-order valence-electron chi connectivity index (χ0n) is 20.6. The molecule has 0 bridgehead atoms. The second-order valence-corrected chi connectivity index (χ2v) is 8.96. The molecule has 0 fully saturated rings. The number of methoxy groups -OCH3 is 1. The lowest BCUT2D eigenvalue weighted by Crippen LogP contribution is -2.32. The molecule has 8 heteroatoms. The number of rotatable bonds is 5. The standard InChI is InChI=1S/C30H23N3O5/c1-17(34)38-30-25-23-16-11-18-7-3-4-8-21(18)26(23)32-27(25)29(36)33(30)24-10-6-5-9-22(24)28(35)31-19-12-14-20(37-2)15-13-19/h3-16,30,32H,1-2H3,(H,31,35)/t30-/m1/s1. The van der Waals surface area contributed by atoms with E-state index in [0.717, 1.165) is 21.7 Å². The third-order valence-electron chi connectivity index (χ3n) is 6.69. The first kappa shape index (κ1) is 23.3. The molecule has 1 aromatic heterocycles. The Balaban J connectivity index is 1.44. The fourth-order valence-corrected chi connectivity index (χ4v) is 4.99.